The van der Waals surface area contributed by atoms with E-state index in [4.69, 9.17) is 4.74 Å². The Bertz CT molecular complexity index is 475. The molecule has 0 spiro atoms. The smallest absolute Gasteiger partial charge is 0.312 e. The molecule has 0 radical (unpaired) electrons. The molecule has 5 heteroatoms. The second-order valence-electron chi connectivity index (χ2n) is 5.04. The summed E-state index contributed by atoms with van der Waals surface area (Å²) in [6, 6.07) is 9.38. The summed E-state index contributed by atoms with van der Waals surface area (Å²) in [6.45, 7) is 5.17. The molecule has 108 valence electrons. The van der Waals surface area contributed by atoms with Crippen LogP contribution in [0.2, 0.25) is 0 Å². The monoisotopic (exact) mass is 276 g/mol. The molecule has 5 nitrogen and oxygen atoms in total. The molecular formula is C15H20N2O3. The van der Waals surface area contributed by atoms with Crippen molar-refractivity contribution in [3.8, 4) is 0 Å². The van der Waals surface area contributed by atoms with Gasteiger partial charge in [-0.1, -0.05) is 30.3 Å². The van der Waals surface area contributed by atoms with Gasteiger partial charge in [0.2, 0.25) is 0 Å². The van der Waals surface area contributed by atoms with E-state index in [1.165, 1.54) is 0 Å². The number of carbonyl (C=O) groups excluding carboxylic acids is 2. The van der Waals surface area contributed by atoms with E-state index in [1.54, 1.807) is 4.90 Å². The topological polar surface area (TPSA) is 58.6 Å². The largest absolute Gasteiger partial charge is 0.375 e. The molecule has 0 aliphatic carbocycles. The molecule has 20 heavy (non-hydrogen) atoms. The summed E-state index contributed by atoms with van der Waals surface area (Å²) in [5.74, 6) is -1.04. The maximum absolute atomic E-state index is 12.1. The van der Waals surface area contributed by atoms with E-state index >= 15 is 0 Å². The van der Waals surface area contributed by atoms with E-state index in [0.717, 1.165) is 5.56 Å². The second kappa shape index (κ2) is 6.52. The number of ether oxygens (including phenoxy) is 1. The molecule has 1 fully saturated rings. The fourth-order valence-electron chi connectivity index (χ4n) is 2.23. The lowest BCUT2D eigenvalue weighted by molar-refractivity contribution is -0.150. The second-order valence-corrected chi connectivity index (χ2v) is 5.04. The fraction of sp³-hybridized carbons (Fsp3) is 0.467. The van der Waals surface area contributed by atoms with Crippen LogP contribution in [0.3, 0.4) is 0 Å². The Labute approximate surface area is 118 Å². The lowest BCUT2D eigenvalue weighted by Gasteiger charge is -2.30. The molecular weight excluding hydrogens is 256 g/mol. The van der Waals surface area contributed by atoms with Crippen LogP contribution in [0.25, 0.3) is 0 Å². The number of nitrogens with one attached hydrogen (secondary N) is 1. The lowest BCUT2D eigenvalue weighted by atomic mass is 10.1. The quantitative estimate of drug-likeness (QED) is 0.823. The van der Waals surface area contributed by atoms with Crippen molar-refractivity contribution in [2.75, 3.05) is 19.7 Å². The first-order valence-corrected chi connectivity index (χ1v) is 6.84. The van der Waals surface area contributed by atoms with Crippen LogP contribution in [0.1, 0.15) is 25.5 Å². The average Bonchev–Trinajstić information content (AvgIpc) is 2.47. The van der Waals surface area contributed by atoms with Gasteiger partial charge in [0.1, 0.15) is 0 Å². The Kier molecular flexibility index (Phi) is 4.74. The summed E-state index contributed by atoms with van der Waals surface area (Å²) < 4.78 is 5.36. The Balaban J connectivity index is 1.92. The third-order valence-electron chi connectivity index (χ3n) is 3.37. The average molecular weight is 276 g/mol. The van der Waals surface area contributed by atoms with E-state index in [0.29, 0.717) is 19.7 Å². The number of hydrogen-bond donors (Lipinski definition) is 1. The first-order valence-electron chi connectivity index (χ1n) is 6.84. The van der Waals surface area contributed by atoms with Crippen LogP contribution in [-0.4, -0.2) is 42.5 Å². The van der Waals surface area contributed by atoms with Gasteiger partial charge in [0, 0.05) is 13.1 Å². The van der Waals surface area contributed by atoms with Crippen molar-refractivity contribution in [1.82, 2.24) is 10.2 Å². The van der Waals surface area contributed by atoms with Gasteiger partial charge in [-0.3, -0.25) is 9.59 Å². The minimum Gasteiger partial charge on any atom is -0.375 e. The molecule has 1 aromatic carbocycles. The zero-order valence-corrected chi connectivity index (χ0v) is 11.8. The number of amides is 2. The number of morpholine rings is 1. The molecule has 1 aromatic rings. The molecule has 0 saturated carbocycles. The summed E-state index contributed by atoms with van der Waals surface area (Å²) >= 11 is 0. The first-order chi connectivity index (χ1) is 9.58. The zero-order chi connectivity index (χ0) is 14.5. The van der Waals surface area contributed by atoms with E-state index in [-0.39, 0.29) is 12.1 Å². The number of hydrogen-bond acceptors (Lipinski definition) is 3. The molecule has 2 atom stereocenters. The van der Waals surface area contributed by atoms with Gasteiger partial charge in [0.15, 0.2) is 0 Å². The van der Waals surface area contributed by atoms with E-state index in [2.05, 4.69) is 5.32 Å². The van der Waals surface area contributed by atoms with Crippen LogP contribution in [0.4, 0.5) is 0 Å². The molecule has 0 bridgehead atoms. The number of nitrogens with zero attached hydrogens (tertiary/aromatic N) is 1. The summed E-state index contributed by atoms with van der Waals surface area (Å²) in [5.41, 5.74) is 0.976. The van der Waals surface area contributed by atoms with Gasteiger partial charge >= 0.3 is 11.8 Å². The van der Waals surface area contributed by atoms with Crippen LogP contribution in [0, 0.1) is 0 Å². The SMILES string of the molecule is C[C@@H]1CN(C(=O)C(=O)N[C@H](C)c2ccccc2)CCO1. The van der Waals surface area contributed by atoms with Crippen molar-refractivity contribution in [2.24, 2.45) is 0 Å². The van der Waals surface area contributed by atoms with Crippen LogP contribution >= 0.6 is 0 Å². The van der Waals surface area contributed by atoms with Gasteiger partial charge in [-0.05, 0) is 19.4 Å². The van der Waals surface area contributed by atoms with Gasteiger partial charge in [0.05, 0.1) is 18.8 Å². The molecule has 0 aromatic heterocycles. The summed E-state index contributed by atoms with van der Waals surface area (Å²) in [4.78, 5) is 25.6. The van der Waals surface area contributed by atoms with E-state index in [9.17, 15) is 9.59 Å². The molecule has 1 saturated heterocycles. The van der Waals surface area contributed by atoms with Gasteiger partial charge < -0.3 is 15.0 Å². The normalized spacial score (nSPS) is 20.3. The minimum atomic E-state index is -0.560. The molecule has 1 N–H and O–H groups in total. The van der Waals surface area contributed by atoms with Crippen molar-refractivity contribution in [3.63, 3.8) is 0 Å². The van der Waals surface area contributed by atoms with Crippen LogP contribution < -0.4 is 5.32 Å². The fourth-order valence-corrected chi connectivity index (χ4v) is 2.23. The third kappa shape index (κ3) is 3.57. The Hall–Kier alpha value is -1.88. The standard InChI is InChI=1S/C15H20N2O3/c1-11-10-17(8-9-20-11)15(19)14(18)16-12(2)13-6-4-3-5-7-13/h3-7,11-12H,8-10H2,1-2H3,(H,16,18)/t11-,12-/m1/s1. The minimum absolute atomic E-state index is 0.0213. The van der Waals surface area contributed by atoms with Crippen LogP contribution in [-0.2, 0) is 14.3 Å². The highest BCUT2D eigenvalue weighted by Gasteiger charge is 2.27. The molecule has 2 amide bonds. The Morgan fingerprint density at radius 3 is 2.70 bits per heavy atom. The Morgan fingerprint density at radius 2 is 2.05 bits per heavy atom. The van der Waals surface area contributed by atoms with Gasteiger partial charge in [-0.15, -0.1) is 0 Å². The predicted octanol–water partition coefficient (Wildman–Crippen LogP) is 1.11. The molecule has 1 heterocycles. The van der Waals surface area contributed by atoms with Crippen molar-refractivity contribution in [3.05, 3.63) is 35.9 Å². The summed E-state index contributed by atoms with van der Waals surface area (Å²) in [6.07, 6.45) is -0.0213. The van der Waals surface area contributed by atoms with Crippen molar-refractivity contribution in [2.45, 2.75) is 26.0 Å². The van der Waals surface area contributed by atoms with Gasteiger partial charge in [-0.25, -0.2) is 0 Å². The molecule has 2 rings (SSSR count). The van der Waals surface area contributed by atoms with Crippen molar-refractivity contribution in [1.29, 1.82) is 0 Å². The summed E-state index contributed by atoms with van der Waals surface area (Å²) in [7, 11) is 0. The molecule has 0 unspecified atom stereocenters. The molecule has 1 aliphatic rings. The van der Waals surface area contributed by atoms with E-state index in [1.807, 2.05) is 44.2 Å². The van der Waals surface area contributed by atoms with Crippen LogP contribution in [0.5, 0.6) is 0 Å². The van der Waals surface area contributed by atoms with E-state index < -0.39 is 11.8 Å². The van der Waals surface area contributed by atoms with Crippen LogP contribution in [0.15, 0.2) is 30.3 Å². The van der Waals surface area contributed by atoms with Crippen molar-refractivity contribution >= 4 is 11.8 Å². The Morgan fingerprint density at radius 1 is 1.35 bits per heavy atom. The number of carbonyl (C=O) groups is 2. The zero-order valence-electron chi connectivity index (χ0n) is 11.8. The maximum atomic E-state index is 12.1. The molecule has 1 aliphatic heterocycles. The predicted molar refractivity (Wildman–Crippen MR) is 75.0 cm³/mol. The van der Waals surface area contributed by atoms with Crippen molar-refractivity contribution < 1.29 is 14.3 Å². The highest BCUT2D eigenvalue weighted by molar-refractivity contribution is 6.35. The highest BCUT2D eigenvalue weighted by atomic mass is 16.5. The highest BCUT2D eigenvalue weighted by Crippen LogP contribution is 2.11. The van der Waals surface area contributed by atoms with Gasteiger partial charge in [0.25, 0.3) is 0 Å². The third-order valence-corrected chi connectivity index (χ3v) is 3.37. The van der Waals surface area contributed by atoms with Gasteiger partial charge in [-0.2, -0.15) is 0 Å². The lowest BCUT2D eigenvalue weighted by Crippen LogP contribution is -2.50. The first kappa shape index (κ1) is 14.5. The number of rotatable bonds is 2. The number of benzene rings is 1. The maximum Gasteiger partial charge on any atom is 0.312 e. The summed E-state index contributed by atoms with van der Waals surface area (Å²) in [5, 5.41) is 2.74.